The highest BCUT2D eigenvalue weighted by Crippen LogP contribution is 2.25. The molecular formula is C14H21N5OS. The monoisotopic (exact) mass is 307 g/mol. The summed E-state index contributed by atoms with van der Waals surface area (Å²) in [5.41, 5.74) is 4.50. The standard InChI is InChI=1S/C13H16N4OS.CH5N/c1-16(2)10-3-4-17(7-10)13-14-6-9-5-11(8-18)19-12(9)15-13;1-2/h5-6,8,10H,3-4,7H2,1-2H3;2H2,1H3. The van der Waals surface area contributed by atoms with Gasteiger partial charge in [0.25, 0.3) is 0 Å². The van der Waals surface area contributed by atoms with Gasteiger partial charge in [-0.05, 0) is 33.6 Å². The molecule has 0 aromatic carbocycles. The van der Waals surface area contributed by atoms with Gasteiger partial charge in [-0.3, -0.25) is 4.79 Å². The number of fused-ring (bicyclic) bond motifs is 1. The Labute approximate surface area is 128 Å². The minimum atomic E-state index is 0.563. The first-order valence-corrected chi connectivity index (χ1v) is 7.70. The van der Waals surface area contributed by atoms with Gasteiger partial charge in [0, 0.05) is 30.7 Å². The fourth-order valence-corrected chi connectivity index (χ4v) is 3.21. The Morgan fingerprint density at radius 3 is 2.86 bits per heavy atom. The molecule has 1 aliphatic heterocycles. The number of nitrogens with two attached hydrogens (primary N) is 1. The third-order valence-electron chi connectivity index (χ3n) is 3.57. The summed E-state index contributed by atoms with van der Waals surface area (Å²) >= 11 is 1.42. The second kappa shape index (κ2) is 6.93. The number of aromatic nitrogens is 2. The van der Waals surface area contributed by atoms with E-state index < -0.39 is 0 Å². The first-order chi connectivity index (χ1) is 10.2. The molecule has 0 aliphatic carbocycles. The van der Waals surface area contributed by atoms with Crippen LogP contribution in [0.4, 0.5) is 5.95 Å². The number of hydrogen-bond acceptors (Lipinski definition) is 7. The van der Waals surface area contributed by atoms with E-state index in [-0.39, 0.29) is 0 Å². The van der Waals surface area contributed by atoms with Crippen LogP contribution in [0.1, 0.15) is 16.1 Å². The lowest BCUT2D eigenvalue weighted by Crippen LogP contribution is -2.32. The molecule has 1 unspecified atom stereocenters. The molecule has 2 aromatic heterocycles. The number of likely N-dealkylation sites (N-methyl/N-ethyl adjacent to an activating group) is 1. The highest BCUT2D eigenvalue weighted by molar-refractivity contribution is 7.20. The summed E-state index contributed by atoms with van der Waals surface area (Å²) < 4.78 is 0. The van der Waals surface area contributed by atoms with Crippen LogP contribution in [0.25, 0.3) is 10.2 Å². The number of carbonyl (C=O) groups is 1. The molecule has 1 fully saturated rings. The molecule has 1 atom stereocenters. The fraction of sp³-hybridized carbons (Fsp3) is 0.500. The van der Waals surface area contributed by atoms with Gasteiger partial charge in [-0.1, -0.05) is 0 Å². The second-order valence-corrected chi connectivity index (χ2v) is 6.11. The SMILES string of the molecule is CN.CN(C)C1CCN(c2ncc3cc(C=O)sc3n2)C1. The van der Waals surface area contributed by atoms with E-state index in [1.54, 1.807) is 0 Å². The third-order valence-corrected chi connectivity index (χ3v) is 4.54. The van der Waals surface area contributed by atoms with Gasteiger partial charge in [-0.15, -0.1) is 11.3 Å². The average Bonchev–Trinajstić information content (AvgIpc) is 3.15. The van der Waals surface area contributed by atoms with Crippen LogP contribution in [0.3, 0.4) is 0 Å². The molecule has 0 bridgehead atoms. The number of rotatable bonds is 3. The number of thiophene rings is 1. The molecule has 3 rings (SSSR count). The largest absolute Gasteiger partial charge is 0.339 e. The molecule has 7 heteroatoms. The van der Waals surface area contributed by atoms with Gasteiger partial charge in [-0.25, -0.2) is 9.97 Å². The summed E-state index contributed by atoms with van der Waals surface area (Å²) in [5, 5.41) is 0.944. The lowest BCUT2D eigenvalue weighted by molar-refractivity contribution is 0.112. The van der Waals surface area contributed by atoms with Gasteiger partial charge in [0.15, 0.2) is 6.29 Å². The van der Waals surface area contributed by atoms with Gasteiger partial charge in [0.05, 0.1) is 4.88 Å². The van der Waals surface area contributed by atoms with Crippen LogP contribution in [-0.4, -0.2) is 61.4 Å². The summed E-state index contributed by atoms with van der Waals surface area (Å²) in [6.07, 6.45) is 3.81. The quantitative estimate of drug-likeness (QED) is 0.859. The molecule has 2 aromatic rings. The summed E-state index contributed by atoms with van der Waals surface area (Å²) in [6.45, 7) is 1.95. The Morgan fingerprint density at radius 2 is 2.24 bits per heavy atom. The predicted octanol–water partition coefficient (Wildman–Crippen LogP) is 1.22. The Kier molecular flexibility index (Phi) is 5.22. The predicted molar refractivity (Wildman–Crippen MR) is 87.2 cm³/mol. The molecule has 2 N–H and O–H groups in total. The Hall–Kier alpha value is -1.57. The van der Waals surface area contributed by atoms with E-state index in [4.69, 9.17) is 0 Å². The van der Waals surface area contributed by atoms with E-state index in [0.717, 1.165) is 42.0 Å². The molecule has 6 nitrogen and oxygen atoms in total. The second-order valence-electron chi connectivity index (χ2n) is 5.05. The molecule has 0 radical (unpaired) electrons. The van der Waals surface area contributed by atoms with Crippen molar-refractivity contribution in [3.05, 3.63) is 17.1 Å². The van der Waals surface area contributed by atoms with Crippen molar-refractivity contribution in [2.45, 2.75) is 12.5 Å². The van der Waals surface area contributed by atoms with Crippen LogP contribution < -0.4 is 10.6 Å². The normalized spacial score (nSPS) is 18.0. The van der Waals surface area contributed by atoms with E-state index in [1.807, 2.05) is 12.3 Å². The van der Waals surface area contributed by atoms with Crippen molar-refractivity contribution < 1.29 is 4.79 Å². The van der Waals surface area contributed by atoms with Crippen LogP contribution in [0.2, 0.25) is 0 Å². The van der Waals surface area contributed by atoms with Crippen LogP contribution in [-0.2, 0) is 0 Å². The minimum absolute atomic E-state index is 0.563. The fourth-order valence-electron chi connectivity index (χ4n) is 2.40. The van der Waals surface area contributed by atoms with Crippen molar-refractivity contribution in [1.29, 1.82) is 0 Å². The Morgan fingerprint density at radius 1 is 1.48 bits per heavy atom. The number of nitrogens with zero attached hydrogens (tertiary/aromatic N) is 4. The molecule has 114 valence electrons. The Balaban J connectivity index is 0.000000774. The Bertz CT molecular complexity index is 612. The van der Waals surface area contributed by atoms with Gasteiger partial charge >= 0.3 is 0 Å². The number of aldehydes is 1. The molecule has 0 saturated carbocycles. The van der Waals surface area contributed by atoms with Crippen molar-refractivity contribution in [3.63, 3.8) is 0 Å². The van der Waals surface area contributed by atoms with Crippen LogP contribution in [0, 0.1) is 0 Å². The van der Waals surface area contributed by atoms with Gasteiger partial charge in [-0.2, -0.15) is 0 Å². The van der Waals surface area contributed by atoms with Crippen molar-refractivity contribution in [2.75, 3.05) is 39.1 Å². The molecule has 21 heavy (non-hydrogen) atoms. The first kappa shape index (κ1) is 15.8. The lowest BCUT2D eigenvalue weighted by Gasteiger charge is -2.20. The average molecular weight is 307 g/mol. The van der Waals surface area contributed by atoms with E-state index in [1.165, 1.54) is 18.4 Å². The molecule has 0 amide bonds. The number of carbonyl (C=O) groups excluding carboxylic acids is 1. The van der Waals surface area contributed by atoms with Crippen molar-refractivity contribution in [1.82, 2.24) is 14.9 Å². The zero-order chi connectivity index (χ0) is 15.4. The minimum Gasteiger partial charge on any atom is -0.339 e. The summed E-state index contributed by atoms with van der Waals surface area (Å²) in [7, 11) is 5.71. The van der Waals surface area contributed by atoms with Gasteiger partial charge < -0.3 is 15.5 Å². The van der Waals surface area contributed by atoms with E-state index in [9.17, 15) is 4.79 Å². The number of anilines is 1. The van der Waals surface area contributed by atoms with Gasteiger partial charge in [0.1, 0.15) is 4.83 Å². The van der Waals surface area contributed by atoms with Crippen molar-refractivity contribution >= 4 is 33.8 Å². The maximum absolute atomic E-state index is 10.8. The molecular weight excluding hydrogens is 286 g/mol. The van der Waals surface area contributed by atoms with Crippen LogP contribution in [0.15, 0.2) is 12.3 Å². The van der Waals surface area contributed by atoms with Crippen molar-refractivity contribution in [2.24, 2.45) is 5.73 Å². The maximum atomic E-state index is 10.8. The molecule has 0 spiro atoms. The number of hydrogen-bond donors (Lipinski definition) is 1. The topological polar surface area (TPSA) is 75.3 Å². The van der Waals surface area contributed by atoms with Gasteiger partial charge in [0.2, 0.25) is 5.95 Å². The molecule has 3 heterocycles. The first-order valence-electron chi connectivity index (χ1n) is 6.88. The molecule has 1 aliphatic rings. The molecule has 1 saturated heterocycles. The van der Waals surface area contributed by atoms with E-state index >= 15 is 0 Å². The highest BCUT2D eigenvalue weighted by Gasteiger charge is 2.25. The van der Waals surface area contributed by atoms with Crippen LogP contribution in [0.5, 0.6) is 0 Å². The maximum Gasteiger partial charge on any atom is 0.226 e. The summed E-state index contributed by atoms with van der Waals surface area (Å²) in [5.74, 6) is 0.774. The van der Waals surface area contributed by atoms with E-state index in [0.29, 0.717) is 10.9 Å². The zero-order valence-electron chi connectivity index (χ0n) is 12.6. The van der Waals surface area contributed by atoms with E-state index in [2.05, 4.69) is 39.6 Å². The van der Waals surface area contributed by atoms with Crippen molar-refractivity contribution in [3.8, 4) is 0 Å². The summed E-state index contributed by atoms with van der Waals surface area (Å²) in [4.78, 5) is 25.8. The highest BCUT2D eigenvalue weighted by atomic mass is 32.1. The smallest absolute Gasteiger partial charge is 0.226 e. The van der Waals surface area contributed by atoms with Crippen LogP contribution >= 0.6 is 11.3 Å². The third kappa shape index (κ3) is 3.37. The zero-order valence-corrected chi connectivity index (χ0v) is 13.4. The summed E-state index contributed by atoms with van der Waals surface area (Å²) in [6, 6.07) is 2.40. The lowest BCUT2D eigenvalue weighted by atomic mass is 10.2.